The Balaban J connectivity index is 1.83. The minimum absolute atomic E-state index is 0.156. The van der Waals surface area contributed by atoms with Crippen LogP contribution in [0.5, 0.6) is 0 Å². The largest absolute Gasteiger partial charge is 0.311 e. The molecule has 0 spiro atoms. The lowest BCUT2D eigenvalue weighted by atomic mass is 10.1. The van der Waals surface area contributed by atoms with Gasteiger partial charge in [0.2, 0.25) is 5.91 Å². The summed E-state index contributed by atoms with van der Waals surface area (Å²) in [6, 6.07) is 9.40. The number of anilines is 1. The fraction of sp³-hybridized carbons (Fsp3) is 0.167. The molecule has 0 unspecified atom stereocenters. The zero-order valence-corrected chi connectivity index (χ0v) is 13.3. The summed E-state index contributed by atoms with van der Waals surface area (Å²) in [7, 11) is 0. The maximum absolute atomic E-state index is 13.4. The van der Waals surface area contributed by atoms with Crippen LogP contribution < -0.4 is 4.90 Å². The molecule has 1 aliphatic heterocycles. The molecular formula is C18H14F2N2O3. The average Bonchev–Trinajstić information content (AvgIpc) is 2.84. The quantitative estimate of drug-likeness (QED) is 0.801. The van der Waals surface area contributed by atoms with Gasteiger partial charge >= 0.3 is 0 Å². The molecule has 0 saturated heterocycles. The molecule has 3 amide bonds. The first-order valence-corrected chi connectivity index (χ1v) is 7.64. The second-order valence-corrected chi connectivity index (χ2v) is 5.48. The zero-order valence-electron chi connectivity index (χ0n) is 13.3. The van der Waals surface area contributed by atoms with Gasteiger partial charge in [0, 0.05) is 18.3 Å². The molecule has 1 aliphatic rings. The third kappa shape index (κ3) is 2.88. The van der Waals surface area contributed by atoms with E-state index in [0.717, 1.165) is 17.0 Å². The number of likely N-dealkylation sites (N-methyl/N-ethyl adjacent to an activating group) is 1. The van der Waals surface area contributed by atoms with Crippen molar-refractivity contribution >= 4 is 23.4 Å². The number of carbonyl (C=O) groups excluding carboxylic acids is 3. The minimum Gasteiger partial charge on any atom is -0.311 e. The van der Waals surface area contributed by atoms with Crippen LogP contribution in [0.1, 0.15) is 27.6 Å². The Bertz CT molecular complexity index is 847. The molecule has 0 bridgehead atoms. The van der Waals surface area contributed by atoms with Gasteiger partial charge in [-0.1, -0.05) is 12.1 Å². The van der Waals surface area contributed by atoms with E-state index in [9.17, 15) is 23.2 Å². The van der Waals surface area contributed by atoms with Gasteiger partial charge in [-0.15, -0.1) is 0 Å². The molecule has 2 aromatic carbocycles. The molecule has 7 heteroatoms. The van der Waals surface area contributed by atoms with Crippen LogP contribution in [0.15, 0.2) is 42.5 Å². The van der Waals surface area contributed by atoms with Crippen molar-refractivity contribution in [3.8, 4) is 0 Å². The summed E-state index contributed by atoms with van der Waals surface area (Å²) in [6.07, 6.45) is 0. The number of imide groups is 1. The number of fused-ring (bicyclic) bond motifs is 1. The lowest BCUT2D eigenvalue weighted by Crippen LogP contribution is -2.42. The maximum Gasteiger partial charge on any atom is 0.262 e. The van der Waals surface area contributed by atoms with Crippen LogP contribution in [0.3, 0.4) is 0 Å². The van der Waals surface area contributed by atoms with E-state index < -0.39 is 35.9 Å². The van der Waals surface area contributed by atoms with E-state index in [1.807, 2.05) is 0 Å². The molecule has 5 nitrogen and oxygen atoms in total. The zero-order chi connectivity index (χ0) is 18.1. The summed E-state index contributed by atoms with van der Waals surface area (Å²) in [5, 5.41) is 0. The molecule has 0 fully saturated rings. The van der Waals surface area contributed by atoms with E-state index in [0.29, 0.717) is 0 Å². The van der Waals surface area contributed by atoms with Crippen LogP contribution in [0, 0.1) is 11.6 Å². The van der Waals surface area contributed by atoms with Crippen LogP contribution in [-0.2, 0) is 4.79 Å². The van der Waals surface area contributed by atoms with Gasteiger partial charge in [-0.2, -0.15) is 0 Å². The average molecular weight is 344 g/mol. The van der Waals surface area contributed by atoms with E-state index in [4.69, 9.17) is 0 Å². The van der Waals surface area contributed by atoms with Crippen LogP contribution in [0.2, 0.25) is 0 Å². The van der Waals surface area contributed by atoms with Crippen molar-refractivity contribution in [1.82, 2.24) is 4.90 Å². The first kappa shape index (κ1) is 16.8. The highest BCUT2D eigenvalue weighted by molar-refractivity contribution is 6.22. The molecule has 0 N–H and O–H groups in total. The van der Waals surface area contributed by atoms with Crippen molar-refractivity contribution in [2.45, 2.75) is 6.92 Å². The maximum atomic E-state index is 13.4. The van der Waals surface area contributed by atoms with Gasteiger partial charge in [-0.3, -0.25) is 19.3 Å². The number of benzene rings is 2. The SMILES string of the molecule is CCN(C(=O)CN1C(=O)c2ccccc2C1=O)c1ccc(F)c(F)c1. The normalized spacial score (nSPS) is 13.2. The van der Waals surface area contributed by atoms with Crippen molar-refractivity contribution in [3.05, 3.63) is 65.2 Å². The molecule has 0 radical (unpaired) electrons. The number of halogens is 2. The van der Waals surface area contributed by atoms with Crippen LogP contribution in [-0.4, -0.2) is 35.7 Å². The lowest BCUT2D eigenvalue weighted by molar-refractivity contribution is -0.118. The highest BCUT2D eigenvalue weighted by Crippen LogP contribution is 2.23. The Hall–Kier alpha value is -3.09. The summed E-state index contributed by atoms with van der Waals surface area (Å²) in [4.78, 5) is 39.2. The Morgan fingerprint density at radius 2 is 1.60 bits per heavy atom. The number of hydrogen-bond acceptors (Lipinski definition) is 3. The Morgan fingerprint density at radius 3 is 2.12 bits per heavy atom. The predicted molar refractivity (Wildman–Crippen MR) is 86.2 cm³/mol. The molecule has 0 aromatic heterocycles. The molecule has 25 heavy (non-hydrogen) atoms. The Labute approximate surface area is 142 Å². The van der Waals surface area contributed by atoms with Gasteiger partial charge < -0.3 is 4.90 Å². The smallest absolute Gasteiger partial charge is 0.262 e. The summed E-state index contributed by atoms with van der Waals surface area (Å²) in [5.74, 6) is -3.76. The standard InChI is InChI=1S/C18H14F2N2O3/c1-2-21(11-7-8-14(19)15(20)9-11)16(23)10-22-17(24)12-5-3-4-6-13(12)18(22)25/h3-9H,2,10H2,1H3. The topological polar surface area (TPSA) is 57.7 Å². The van der Waals surface area contributed by atoms with Crippen molar-refractivity contribution in [3.63, 3.8) is 0 Å². The van der Waals surface area contributed by atoms with Crippen LogP contribution in [0.4, 0.5) is 14.5 Å². The monoisotopic (exact) mass is 344 g/mol. The van der Waals surface area contributed by atoms with Crippen molar-refractivity contribution in [2.24, 2.45) is 0 Å². The van der Waals surface area contributed by atoms with Crippen molar-refractivity contribution in [2.75, 3.05) is 18.0 Å². The van der Waals surface area contributed by atoms with Gasteiger partial charge in [0.05, 0.1) is 11.1 Å². The number of nitrogens with zero attached hydrogens (tertiary/aromatic N) is 2. The van der Waals surface area contributed by atoms with Gasteiger partial charge in [-0.05, 0) is 31.2 Å². The minimum atomic E-state index is -1.08. The summed E-state index contributed by atoms with van der Waals surface area (Å²) >= 11 is 0. The lowest BCUT2D eigenvalue weighted by Gasteiger charge is -2.23. The second kappa shape index (κ2) is 6.43. The summed E-state index contributed by atoms with van der Waals surface area (Å²) in [6.45, 7) is 1.35. The number of hydrogen-bond donors (Lipinski definition) is 0. The molecule has 2 aromatic rings. The van der Waals surface area contributed by atoms with E-state index in [-0.39, 0.29) is 23.4 Å². The van der Waals surface area contributed by atoms with E-state index in [1.54, 1.807) is 19.1 Å². The third-order valence-electron chi connectivity index (χ3n) is 4.00. The van der Waals surface area contributed by atoms with E-state index in [1.165, 1.54) is 23.1 Å². The highest BCUT2D eigenvalue weighted by atomic mass is 19.2. The van der Waals surface area contributed by atoms with Gasteiger partial charge in [0.25, 0.3) is 11.8 Å². The molecule has 0 saturated carbocycles. The van der Waals surface area contributed by atoms with Gasteiger partial charge in [-0.25, -0.2) is 8.78 Å². The third-order valence-corrected chi connectivity index (χ3v) is 4.00. The van der Waals surface area contributed by atoms with E-state index >= 15 is 0 Å². The Morgan fingerprint density at radius 1 is 1.00 bits per heavy atom. The first-order chi connectivity index (χ1) is 11.9. The van der Waals surface area contributed by atoms with Gasteiger partial charge in [0.15, 0.2) is 11.6 Å². The molecule has 1 heterocycles. The molecule has 0 aliphatic carbocycles. The van der Waals surface area contributed by atoms with Crippen LogP contribution >= 0.6 is 0 Å². The predicted octanol–water partition coefficient (Wildman–Crippen LogP) is 2.61. The second-order valence-electron chi connectivity index (χ2n) is 5.48. The number of rotatable bonds is 4. The van der Waals surface area contributed by atoms with Crippen LogP contribution in [0.25, 0.3) is 0 Å². The summed E-state index contributed by atoms with van der Waals surface area (Å²) in [5.41, 5.74) is 0.648. The fourth-order valence-corrected chi connectivity index (χ4v) is 2.76. The molecule has 128 valence electrons. The highest BCUT2D eigenvalue weighted by Gasteiger charge is 2.37. The number of carbonyl (C=O) groups is 3. The van der Waals surface area contributed by atoms with Crippen molar-refractivity contribution in [1.29, 1.82) is 0 Å². The van der Waals surface area contributed by atoms with Crippen molar-refractivity contribution < 1.29 is 23.2 Å². The first-order valence-electron chi connectivity index (χ1n) is 7.64. The molecular weight excluding hydrogens is 330 g/mol. The van der Waals surface area contributed by atoms with Gasteiger partial charge in [0.1, 0.15) is 6.54 Å². The molecule has 3 rings (SSSR count). The number of amides is 3. The van der Waals surface area contributed by atoms with E-state index in [2.05, 4.69) is 0 Å². The fourth-order valence-electron chi connectivity index (χ4n) is 2.76. The Kier molecular flexibility index (Phi) is 4.31. The molecule has 0 atom stereocenters. The summed E-state index contributed by atoms with van der Waals surface area (Å²) < 4.78 is 26.5.